The van der Waals surface area contributed by atoms with Crippen molar-refractivity contribution in [3.05, 3.63) is 28.7 Å². The van der Waals surface area contributed by atoms with Gasteiger partial charge in [0.05, 0.1) is 0 Å². The van der Waals surface area contributed by atoms with Crippen molar-refractivity contribution in [3.63, 3.8) is 0 Å². The summed E-state index contributed by atoms with van der Waals surface area (Å²) in [6, 6.07) is 1.76. The molecule has 0 spiro atoms. The highest BCUT2D eigenvalue weighted by molar-refractivity contribution is 6.29. The molecule has 2 heterocycles. The monoisotopic (exact) mass is 195 g/mol. The Morgan fingerprint density at radius 1 is 1.54 bits per heavy atom. The smallest absolute Gasteiger partial charge is 0.156 e. The summed E-state index contributed by atoms with van der Waals surface area (Å²) in [5, 5.41) is 4.66. The van der Waals surface area contributed by atoms with E-state index in [1.807, 2.05) is 13.1 Å². The first-order valence-electron chi connectivity index (χ1n) is 4.22. The minimum Gasteiger partial charge on any atom is -0.237 e. The third kappa shape index (κ3) is 1.29. The van der Waals surface area contributed by atoms with Crippen LogP contribution in [0.3, 0.4) is 0 Å². The molecule has 0 saturated heterocycles. The molecule has 0 radical (unpaired) electrons. The fraction of sp³-hybridized carbons (Fsp3) is 0.333. The van der Waals surface area contributed by atoms with Gasteiger partial charge < -0.3 is 0 Å². The van der Waals surface area contributed by atoms with Gasteiger partial charge in [-0.2, -0.15) is 5.10 Å². The standard InChI is InChI=1S/C9H10ClN3/c1-3-7-6(2)5-11-9-4-8(10)12-13(7)9/h4-5H,3H2,1-2H3. The molecule has 0 N–H and O–H groups in total. The first kappa shape index (κ1) is 8.51. The zero-order valence-corrected chi connectivity index (χ0v) is 8.34. The number of fused-ring (bicyclic) bond motifs is 1. The number of hydrogen-bond donors (Lipinski definition) is 0. The highest BCUT2D eigenvalue weighted by Gasteiger charge is 2.06. The second kappa shape index (κ2) is 3.00. The van der Waals surface area contributed by atoms with Gasteiger partial charge in [-0.1, -0.05) is 18.5 Å². The molecule has 3 nitrogen and oxygen atoms in total. The molecule has 2 aromatic rings. The number of rotatable bonds is 1. The van der Waals surface area contributed by atoms with Gasteiger partial charge in [-0.15, -0.1) is 0 Å². The summed E-state index contributed by atoms with van der Waals surface area (Å²) in [7, 11) is 0. The van der Waals surface area contributed by atoms with Crippen molar-refractivity contribution in [1.82, 2.24) is 14.6 Å². The van der Waals surface area contributed by atoms with Crippen molar-refractivity contribution in [2.45, 2.75) is 20.3 Å². The molecule has 0 bridgehead atoms. The maximum Gasteiger partial charge on any atom is 0.156 e. The van der Waals surface area contributed by atoms with E-state index >= 15 is 0 Å². The number of nitrogens with zero attached hydrogens (tertiary/aromatic N) is 3. The summed E-state index contributed by atoms with van der Waals surface area (Å²) >= 11 is 5.79. The van der Waals surface area contributed by atoms with Gasteiger partial charge in [0.2, 0.25) is 0 Å². The van der Waals surface area contributed by atoms with Crippen LogP contribution in [0.4, 0.5) is 0 Å². The molecule has 0 fully saturated rings. The lowest BCUT2D eigenvalue weighted by Gasteiger charge is -2.03. The summed E-state index contributed by atoms with van der Waals surface area (Å²) in [6.45, 7) is 4.12. The number of hydrogen-bond acceptors (Lipinski definition) is 2. The van der Waals surface area contributed by atoms with Gasteiger partial charge in [0, 0.05) is 18.0 Å². The van der Waals surface area contributed by atoms with Crippen LogP contribution in [0.15, 0.2) is 12.3 Å². The molecular weight excluding hydrogens is 186 g/mol. The van der Waals surface area contributed by atoms with Crippen LogP contribution >= 0.6 is 11.6 Å². The van der Waals surface area contributed by atoms with E-state index in [-0.39, 0.29) is 0 Å². The lowest BCUT2D eigenvalue weighted by molar-refractivity contribution is 0.836. The van der Waals surface area contributed by atoms with Crippen LogP contribution in [0, 0.1) is 6.92 Å². The van der Waals surface area contributed by atoms with E-state index in [1.54, 1.807) is 10.6 Å². The topological polar surface area (TPSA) is 30.2 Å². The number of aryl methyl sites for hydroxylation is 2. The number of halogens is 1. The maximum absolute atomic E-state index is 5.79. The van der Waals surface area contributed by atoms with Gasteiger partial charge in [-0.05, 0) is 18.9 Å². The molecule has 0 unspecified atom stereocenters. The van der Waals surface area contributed by atoms with E-state index in [0.29, 0.717) is 5.15 Å². The highest BCUT2D eigenvalue weighted by atomic mass is 35.5. The zero-order chi connectivity index (χ0) is 9.42. The molecule has 2 aromatic heterocycles. The second-order valence-corrected chi connectivity index (χ2v) is 3.37. The van der Waals surface area contributed by atoms with Crippen molar-refractivity contribution >= 4 is 17.2 Å². The normalized spacial score (nSPS) is 11.0. The Labute approximate surface area is 81.4 Å². The Morgan fingerprint density at radius 3 is 3.00 bits per heavy atom. The van der Waals surface area contributed by atoms with Crippen molar-refractivity contribution in [2.75, 3.05) is 0 Å². The Kier molecular flexibility index (Phi) is 1.96. The quantitative estimate of drug-likeness (QED) is 0.699. The minimum atomic E-state index is 0.493. The summed E-state index contributed by atoms with van der Waals surface area (Å²) in [6.07, 6.45) is 2.79. The molecule has 0 aliphatic rings. The minimum absolute atomic E-state index is 0.493. The predicted molar refractivity (Wildman–Crippen MR) is 52.1 cm³/mol. The average molecular weight is 196 g/mol. The Morgan fingerprint density at radius 2 is 2.31 bits per heavy atom. The number of aromatic nitrogens is 3. The lowest BCUT2D eigenvalue weighted by Crippen LogP contribution is -2.01. The Bertz CT molecular complexity index is 447. The second-order valence-electron chi connectivity index (χ2n) is 2.98. The van der Waals surface area contributed by atoms with E-state index in [9.17, 15) is 0 Å². The van der Waals surface area contributed by atoms with Crippen molar-refractivity contribution in [1.29, 1.82) is 0 Å². The van der Waals surface area contributed by atoms with Crippen molar-refractivity contribution < 1.29 is 0 Å². The van der Waals surface area contributed by atoms with Crippen LogP contribution in [0.1, 0.15) is 18.2 Å². The summed E-state index contributed by atoms with van der Waals surface area (Å²) in [5.74, 6) is 0. The third-order valence-corrected chi connectivity index (χ3v) is 2.28. The van der Waals surface area contributed by atoms with E-state index in [2.05, 4.69) is 17.0 Å². The van der Waals surface area contributed by atoms with Gasteiger partial charge in [0.25, 0.3) is 0 Å². The first-order chi connectivity index (χ1) is 6.22. The van der Waals surface area contributed by atoms with Gasteiger partial charge in [-0.3, -0.25) is 0 Å². The van der Waals surface area contributed by atoms with Gasteiger partial charge in [0.1, 0.15) is 0 Å². The molecule has 4 heteroatoms. The molecule has 0 saturated carbocycles. The average Bonchev–Trinajstić information content (AvgIpc) is 2.45. The van der Waals surface area contributed by atoms with Crippen LogP contribution in [0.25, 0.3) is 5.65 Å². The molecule has 0 amide bonds. The SMILES string of the molecule is CCc1c(C)cnc2cc(Cl)nn12. The van der Waals surface area contributed by atoms with Crippen LogP contribution in [-0.4, -0.2) is 14.6 Å². The van der Waals surface area contributed by atoms with Gasteiger partial charge >= 0.3 is 0 Å². The van der Waals surface area contributed by atoms with Crippen LogP contribution in [-0.2, 0) is 6.42 Å². The van der Waals surface area contributed by atoms with Crippen LogP contribution in [0.2, 0.25) is 5.15 Å². The Hall–Kier alpha value is -1.09. The van der Waals surface area contributed by atoms with E-state index in [1.165, 1.54) is 0 Å². The molecule has 68 valence electrons. The molecule has 2 rings (SSSR count). The predicted octanol–water partition coefficient (Wildman–Crippen LogP) is 2.25. The third-order valence-electron chi connectivity index (χ3n) is 2.10. The van der Waals surface area contributed by atoms with E-state index in [4.69, 9.17) is 11.6 Å². The maximum atomic E-state index is 5.79. The molecule has 0 atom stereocenters. The molecule has 0 aliphatic carbocycles. The largest absolute Gasteiger partial charge is 0.237 e. The van der Waals surface area contributed by atoms with Gasteiger partial charge in [-0.25, -0.2) is 9.50 Å². The van der Waals surface area contributed by atoms with E-state index < -0.39 is 0 Å². The van der Waals surface area contributed by atoms with Crippen molar-refractivity contribution in [3.8, 4) is 0 Å². The fourth-order valence-electron chi connectivity index (χ4n) is 1.47. The Balaban J connectivity index is 2.82. The summed E-state index contributed by atoms with van der Waals surface area (Å²) in [4.78, 5) is 4.23. The van der Waals surface area contributed by atoms with Crippen LogP contribution < -0.4 is 0 Å². The molecule has 0 aliphatic heterocycles. The molecule has 13 heavy (non-hydrogen) atoms. The van der Waals surface area contributed by atoms with E-state index in [0.717, 1.165) is 23.3 Å². The van der Waals surface area contributed by atoms with Crippen LogP contribution in [0.5, 0.6) is 0 Å². The molecule has 0 aromatic carbocycles. The fourth-order valence-corrected chi connectivity index (χ4v) is 1.64. The van der Waals surface area contributed by atoms with Crippen molar-refractivity contribution in [2.24, 2.45) is 0 Å². The van der Waals surface area contributed by atoms with Gasteiger partial charge in [0.15, 0.2) is 10.8 Å². The zero-order valence-electron chi connectivity index (χ0n) is 7.58. The first-order valence-corrected chi connectivity index (χ1v) is 4.60. The summed E-state index contributed by atoms with van der Waals surface area (Å²) in [5.41, 5.74) is 3.12. The summed E-state index contributed by atoms with van der Waals surface area (Å²) < 4.78 is 1.80. The highest BCUT2D eigenvalue weighted by Crippen LogP contribution is 2.14. The lowest BCUT2D eigenvalue weighted by atomic mass is 10.2. The molecular formula is C9H10ClN3.